The van der Waals surface area contributed by atoms with E-state index < -0.39 is 0 Å². The van der Waals surface area contributed by atoms with Crippen LogP contribution in [-0.4, -0.2) is 24.6 Å². The van der Waals surface area contributed by atoms with Gasteiger partial charge in [-0.1, -0.05) is 6.42 Å². The third-order valence-electron chi connectivity index (χ3n) is 4.37. The van der Waals surface area contributed by atoms with Crippen molar-refractivity contribution in [1.82, 2.24) is 5.32 Å². The summed E-state index contributed by atoms with van der Waals surface area (Å²) < 4.78 is 0. The first-order chi connectivity index (χ1) is 7.29. The van der Waals surface area contributed by atoms with E-state index in [4.69, 9.17) is 0 Å². The second kappa shape index (κ2) is 5.58. The third-order valence-corrected chi connectivity index (χ3v) is 5.01. The van der Waals surface area contributed by atoms with Gasteiger partial charge in [-0.05, 0) is 68.9 Å². The molecular formula is C13H25NS. The topological polar surface area (TPSA) is 12.0 Å². The van der Waals surface area contributed by atoms with Crippen molar-refractivity contribution < 1.29 is 0 Å². The Labute approximate surface area is 98.8 Å². The quantitative estimate of drug-likeness (QED) is 0.748. The lowest BCUT2D eigenvalue weighted by atomic mass is 9.88. The molecule has 4 atom stereocenters. The predicted octanol–water partition coefficient (Wildman–Crippen LogP) is 3.15. The molecule has 2 fully saturated rings. The standard InChI is InChI=1S/C13H25NS/c1-10(5-6-15-2)14-9-13-8-11-3-4-12(13)7-11/h10-14H,3-9H2,1-2H3. The minimum absolute atomic E-state index is 0.719. The van der Waals surface area contributed by atoms with E-state index in [1.54, 1.807) is 6.42 Å². The van der Waals surface area contributed by atoms with E-state index in [2.05, 4.69) is 18.5 Å². The maximum Gasteiger partial charge on any atom is 0.00466 e. The molecule has 4 unspecified atom stereocenters. The summed E-state index contributed by atoms with van der Waals surface area (Å²) in [5.74, 6) is 4.49. The van der Waals surface area contributed by atoms with Gasteiger partial charge in [0.15, 0.2) is 0 Å². The van der Waals surface area contributed by atoms with E-state index in [1.807, 2.05) is 11.8 Å². The molecule has 0 aromatic heterocycles. The van der Waals surface area contributed by atoms with Crippen molar-refractivity contribution in [3.8, 4) is 0 Å². The first kappa shape index (κ1) is 11.8. The van der Waals surface area contributed by atoms with Crippen molar-refractivity contribution >= 4 is 11.8 Å². The number of rotatable bonds is 6. The summed E-state index contributed by atoms with van der Waals surface area (Å²) in [7, 11) is 0. The molecule has 0 radical (unpaired) electrons. The van der Waals surface area contributed by atoms with Crippen molar-refractivity contribution in [2.45, 2.75) is 45.1 Å². The molecular weight excluding hydrogens is 202 g/mol. The van der Waals surface area contributed by atoms with Crippen LogP contribution in [0.25, 0.3) is 0 Å². The summed E-state index contributed by atoms with van der Waals surface area (Å²) >= 11 is 1.96. The zero-order valence-corrected chi connectivity index (χ0v) is 11.0. The lowest BCUT2D eigenvalue weighted by Crippen LogP contribution is -2.33. The van der Waals surface area contributed by atoms with E-state index in [9.17, 15) is 0 Å². The SMILES string of the molecule is CSCCC(C)NCC1CC2CCC1C2. The van der Waals surface area contributed by atoms with Crippen LogP contribution in [0.3, 0.4) is 0 Å². The van der Waals surface area contributed by atoms with Crippen molar-refractivity contribution in [3.05, 3.63) is 0 Å². The fourth-order valence-corrected chi connectivity index (χ4v) is 3.96. The first-order valence-electron chi connectivity index (χ1n) is 6.52. The molecule has 0 heterocycles. The van der Waals surface area contributed by atoms with E-state index in [-0.39, 0.29) is 0 Å². The van der Waals surface area contributed by atoms with Crippen LogP contribution in [0.1, 0.15) is 39.0 Å². The lowest BCUT2D eigenvalue weighted by Gasteiger charge is -2.24. The van der Waals surface area contributed by atoms with Crippen molar-refractivity contribution in [1.29, 1.82) is 0 Å². The van der Waals surface area contributed by atoms with Gasteiger partial charge in [0.2, 0.25) is 0 Å². The van der Waals surface area contributed by atoms with Gasteiger partial charge in [0, 0.05) is 6.04 Å². The van der Waals surface area contributed by atoms with Crippen LogP contribution in [-0.2, 0) is 0 Å². The maximum absolute atomic E-state index is 3.73. The molecule has 88 valence electrons. The highest BCUT2D eigenvalue weighted by Gasteiger charge is 2.38. The van der Waals surface area contributed by atoms with Gasteiger partial charge >= 0.3 is 0 Å². The highest BCUT2D eigenvalue weighted by atomic mass is 32.2. The van der Waals surface area contributed by atoms with Crippen LogP contribution in [0.4, 0.5) is 0 Å². The molecule has 0 aromatic carbocycles. The number of fused-ring (bicyclic) bond motifs is 2. The van der Waals surface area contributed by atoms with Gasteiger partial charge in [-0.15, -0.1) is 0 Å². The highest BCUT2D eigenvalue weighted by Crippen LogP contribution is 2.47. The molecule has 0 saturated heterocycles. The van der Waals surface area contributed by atoms with E-state index >= 15 is 0 Å². The van der Waals surface area contributed by atoms with Crippen LogP contribution in [0.2, 0.25) is 0 Å². The summed E-state index contributed by atoms with van der Waals surface area (Å²) in [5, 5.41) is 3.73. The summed E-state index contributed by atoms with van der Waals surface area (Å²) in [5.41, 5.74) is 0. The monoisotopic (exact) mass is 227 g/mol. The number of nitrogens with one attached hydrogen (secondary N) is 1. The van der Waals surface area contributed by atoms with E-state index in [0.717, 1.165) is 23.8 Å². The Hall–Kier alpha value is 0.310. The number of hydrogen-bond donors (Lipinski definition) is 1. The molecule has 0 amide bonds. The van der Waals surface area contributed by atoms with E-state index in [0.29, 0.717) is 0 Å². The Morgan fingerprint density at radius 2 is 2.20 bits per heavy atom. The smallest absolute Gasteiger partial charge is 0.00466 e. The van der Waals surface area contributed by atoms with Gasteiger partial charge in [-0.3, -0.25) is 0 Å². The van der Waals surface area contributed by atoms with Gasteiger partial charge in [0.05, 0.1) is 0 Å². The fraction of sp³-hybridized carbons (Fsp3) is 1.00. The molecule has 0 spiro atoms. The molecule has 15 heavy (non-hydrogen) atoms. The molecule has 2 rings (SSSR count). The Morgan fingerprint density at radius 1 is 1.33 bits per heavy atom. The molecule has 0 aliphatic heterocycles. The summed E-state index contributed by atoms with van der Waals surface area (Å²) in [6.45, 7) is 3.63. The lowest BCUT2D eigenvalue weighted by molar-refractivity contribution is 0.307. The molecule has 2 aliphatic rings. The predicted molar refractivity (Wildman–Crippen MR) is 69.4 cm³/mol. The van der Waals surface area contributed by atoms with Gasteiger partial charge in [-0.2, -0.15) is 11.8 Å². The second-order valence-corrected chi connectivity index (χ2v) is 6.51. The Kier molecular flexibility index (Phi) is 4.39. The molecule has 2 heteroatoms. The third kappa shape index (κ3) is 3.13. The van der Waals surface area contributed by atoms with Gasteiger partial charge in [-0.25, -0.2) is 0 Å². The molecule has 1 nitrogen and oxygen atoms in total. The fourth-order valence-electron chi connectivity index (χ4n) is 3.38. The average Bonchev–Trinajstić information content (AvgIpc) is 2.84. The summed E-state index contributed by atoms with van der Waals surface area (Å²) in [4.78, 5) is 0. The van der Waals surface area contributed by atoms with Crippen molar-refractivity contribution in [2.24, 2.45) is 17.8 Å². The Bertz CT molecular complexity index is 195. The zero-order chi connectivity index (χ0) is 10.7. The van der Waals surface area contributed by atoms with Gasteiger partial charge in [0.25, 0.3) is 0 Å². The largest absolute Gasteiger partial charge is 0.314 e. The Morgan fingerprint density at radius 3 is 2.80 bits per heavy atom. The maximum atomic E-state index is 3.73. The summed E-state index contributed by atoms with van der Waals surface area (Å²) in [6, 6.07) is 0.719. The highest BCUT2D eigenvalue weighted by molar-refractivity contribution is 7.98. The van der Waals surface area contributed by atoms with Crippen LogP contribution in [0.15, 0.2) is 0 Å². The van der Waals surface area contributed by atoms with E-state index in [1.165, 1.54) is 38.0 Å². The van der Waals surface area contributed by atoms with Crippen molar-refractivity contribution in [2.75, 3.05) is 18.6 Å². The second-order valence-electron chi connectivity index (χ2n) is 5.53. The van der Waals surface area contributed by atoms with Crippen LogP contribution < -0.4 is 5.32 Å². The van der Waals surface area contributed by atoms with Crippen molar-refractivity contribution in [3.63, 3.8) is 0 Å². The van der Waals surface area contributed by atoms with Crippen LogP contribution in [0, 0.1) is 17.8 Å². The number of hydrogen-bond acceptors (Lipinski definition) is 2. The average molecular weight is 227 g/mol. The molecule has 2 saturated carbocycles. The zero-order valence-electron chi connectivity index (χ0n) is 10.2. The molecule has 2 aliphatic carbocycles. The molecule has 2 bridgehead atoms. The first-order valence-corrected chi connectivity index (χ1v) is 7.91. The van der Waals surface area contributed by atoms with Crippen LogP contribution in [0.5, 0.6) is 0 Å². The van der Waals surface area contributed by atoms with Crippen LogP contribution >= 0.6 is 11.8 Å². The van der Waals surface area contributed by atoms with Gasteiger partial charge in [0.1, 0.15) is 0 Å². The molecule has 1 N–H and O–H groups in total. The van der Waals surface area contributed by atoms with Gasteiger partial charge < -0.3 is 5.32 Å². The Balaban J connectivity index is 1.61. The molecule has 0 aromatic rings. The normalized spacial score (nSPS) is 36.0. The number of thioether (sulfide) groups is 1. The minimum Gasteiger partial charge on any atom is -0.314 e. The minimum atomic E-state index is 0.719. The summed E-state index contributed by atoms with van der Waals surface area (Å²) in [6.07, 6.45) is 9.64.